The number of hydrogen-bond acceptors (Lipinski definition) is 4. The Labute approximate surface area is 153 Å². The Bertz CT molecular complexity index is 770. The van der Waals surface area contributed by atoms with Crippen molar-refractivity contribution in [2.45, 2.75) is 0 Å². The number of hydrogen-bond donors (Lipinski definition) is 4. The van der Waals surface area contributed by atoms with Gasteiger partial charge in [-0.3, -0.25) is 21.0 Å². The second-order valence-corrected chi connectivity index (χ2v) is 5.73. The smallest absolute Gasteiger partial charge is 0.269 e. The topological polar surface area (TPSA) is 91.3 Å². The Morgan fingerprint density at radius 2 is 1.54 bits per heavy atom. The molecule has 4 N–H and O–H groups in total. The predicted octanol–water partition coefficient (Wildman–Crippen LogP) is 3.44. The van der Waals surface area contributed by atoms with E-state index in [1.807, 2.05) is 6.07 Å². The largest absolute Gasteiger partial charge is 0.331 e. The Morgan fingerprint density at radius 1 is 0.958 bits per heavy atom. The highest BCUT2D eigenvalue weighted by Gasteiger charge is 2.05. The molecule has 2 aromatic carbocycles. The van der Waals surface area contributed by atoms with Gasteiger partial charge in [-0.25, -0.2) is 0 Å². The van der Waals surface area contributed by atoms with Crippen LogP contribution in [0.1, 0.15) is 0 Å². The standard InChI is InChI=1S/C14H12ClN5O2S2/c15-9-2-1-3-11(8-9)17-14(24)19-18-13(23)16-10-4-6-12(7-5-10)20(21)22/h1-8H,(H2,16,18,23)(H2,17,19,24). The van der Waals surface area contributed by atoms with Crippen LogP contribution in [0.4, 0.5) is 17.1 Å². The second kappa shape index (κ2) is 8.39. The van der Waals surface area contributed by atoms with Gasteiger partial charge in [0.15, 0.2) is 10.2 Å². The first-order chi connectivity index (χ1) is 11.4. The van der Waals surface area contributed by atoms with E-state index in [9.17, 15) is 10.1 Å². The van der Waals surface area contributed by atoms with E-state index in [4.69, 9.17) is 36.0 Å². The first-order valence-corrected chi connectivity index (χ1v) is 7.77. The van der Waals surface area contributed by atoms with Crippen molar-refractivity contribution in [3.8, 4) is 0 Å². The Hall–Kier alpha value is -2.49. The summed E-state index contributed by atoms with van der Waals surface area (Å²) in [5, 5.41) is 17.5. The van der Waals surface area contributed by atoms with Gasteiger partial charge in [0.2, 0.25) is 0 Å². The van der Waals surface area contributed by atoms with Crippen LogP contribution in [0, 0.1) is 10.1 Å². The molecule has 7 nitrogen and oxygen atoms in total. The Balaban J connectivity index is 1.80. The molecule has 0 saturated carbocycles. The molecule has 0 fully saturated rings. The molecule has 0 spiro atoms. The van der Waals surface area contributed by atoms with Crippen LogP contribution in [0.5, 0.6) is 0 Å². The fraction of sp³-hybridized carbons (Fsp3) is 0. The zero-order chi connectivity index (χ0) is 17.5. The highest BCUT2D eigenvalue weighted by atomic mass is 35.5. The van der Waals surface area contributed by atoms with Crippen molar-refractivity contribution in [2.75, 3.05) is 10.6 Å². The summed E-state index contributed by atoms with van der Waals surface area (Å²) in [6.07, 6.45) is 0. The van der Waals surface area contributed by atoms with Crippen molar-refractivity contribution in [1.29, 1.82) is 0 Å². The molecule has 124 valence electrons. The van der Waals surface area contributed by atoms with Gasteiger partial charge in [-0.05, 0) is 54.8 Å². The van der Waals surface area contributed by atoms with Gasteiger partial charge in [0, 0.05) is 28.5 Å². The van der Waals surface area contributed by atoms with Gasteiger partial charge in [-0.15, -0.1) is 0 Å². The van der Waals surface area contributed by atoms with Gasteiger partial charge in [-0.1, -0.05) is 17.7 Å². The molecule has 0 aromatic heterocycles. The van der Waals surface area contributed by atoms with E-state index >= 15 is 0 Å². The maximum Gasteiger partial charge on any atom is 0.269 e. The normalized spacial score (nSPS) is 9.71. The summed E-state index contributed by atoms with van der Waals surface area (Å²) < 4.78 is 0. The van der Waals surface area contributed by atoms with Gasteiger partial charge >= 0.3 is 0 Å². The molecule has 0 radical (unpaired) electrons. The third kappa shape index (κ3) is 5.61. The Kier molecular flexibility index (Phi) is 6.24. The van der Waals surface area contributed by atoms with Crippen molar-refractivity contribution >= 4 is 63.3 Å². The van der Waals surface area contributed by atoms with Crippen molar-refractivity contribution < 1.29 is 4.92 Å². The van der Waals surface area contributed by atoms with Crippen LogP contribution >= 0.6 is 36.0 Å². The van der Waals surface area contributed by atoms with Crippen LogP contribution in [0.15, 0.2) is 48.5 Å². The van der Waals surface area contributed by atoms with Crippen LogP contribution in [0.3, 0.4) is 0 Å². The average Bonchev–Trinajstić information content (AvgIpc) is 2.53. The van der Waals surface area contributed by atoms with Gasteiger partial charge in [0.05, 0.1) is 4.92 Å². The molecule has 0 saturated heterocycles. The summed E-state index contributed by atoms with van der Waals surface area (Å²) in [5.41, 5.74) is 6.76. The van der Waals surface area contributed by atoms with Crippen LogP contribution in [0.2, 0.25) is 5.02 Å². The highest BCUT2D eigenvalue weighted by Crippen LogP contribution is 2.15. The van der Waals surface area contributed by atoms with Crippen LogP contribution in [0.25, 0.3) is 0 Å². The minimum absolute atomic E-state index is 0.00412. The number of hydrazine groups is 1. The zero-order valence-electron chi connectivity index (χ0n) is 12.1. The summed E-state index contributed by atoms with van der Waals surface area (Å²) in [5.74, 6) is 0. The average molecular weight is 382 g/mol. The van der Waals surface area contributed by atoms with Crippen molar-refractivity contribution in [3.05, 3.63) is 63.7 Å². The Morgan fingerprint density at radius 3 is 2.08 bits per heavy atom. The van der Waals surface area contributed by atoms with E-state index in [0.29, 0.717) is 15.8 Å². The molecule has 0 unspecified atom stereocenters. The highest BCUT2D eigenvalue weighted by molar-refractivity contribution is 7.81. The zero-order valence-corrected chi connectivity index (χ0v) is 14.5. The maximum atomic E-state index is 10.6. The summed E-state index contributed by atoms with van der Waals surface area (Å²) >= 11 is 16.1. The molecule has 0 aliphatic rings. The van der Waals surface area contributed by atoms with Crippen LogP contribution in [-0.2, 0) is 0 Å². The monoisotopic (exact) mass is 381 g/mol. The molecule has 0 bridgehead atoms. The van der Waals surface area contributed by atoms with E-state index in [1.54, 1.807) is 30.3 Å². The van der Waals surface area contributed by atoms with E-state index in [-0.39, 0.29) is 10.8 Å². The minimum atomic E-state index is -0.470. The molecular weight excluding hydrogens is 370 g/mol. The number of nitrogens with zero attached hydrogens (tertiary/aromatic N) is 1. The second-order valence-electron chi connectivity index (χ2n) is 4.47. The number of halogens is 1. The molecule has 24 heavy (non-hydrogen) atoms. The molecule has 10 heteroatoms. The summed E-state index contributed by atoms with van der Waals surface area (Å²) in [6, 6.07) is 12.9. The third-order valence-electron chi connectivity index (χ3n) is 2.71. The van der Waals surface area contributed by atoms with E-state index in [1.165, 1.54) is 12.1 Å². The first kappa shape index (κ1) is 17.9. The molecular formula is C14H12ClN5O2S2. The fourth-order valence-electron chi connectivity index (χ4n) is 1.67. The number of rotatable bonds is 3. The third-order valence-corrected chi connectivity index (χ3v) is 3.35. The lowest BCUT2D eigenvalue weighted by Crippen LogP contribution is -2.45. The van der Waals surface area contributed by atoms with Crippen molar-refractivity contribution in [1.82, 2.24) is 10.9 Å². The molecule has 0 heterocycles. The van der Waals surface area contributed by atoms with Crippen molar-refractivity contribution in [2.24, 2.45) is 0 Å². The molecule has 2 rings (SSSR count). The fourth-order valence-corrected chi connectivity index (χ4v) is 2.20. The molecule has 0 atom stereocenters. The van der Waals surface area contributed by atoms with Crippen LogP contribution in [-0.4, -0.2) is 15.1 Å². The number of nitro benzene ring substituents is 1. The first-order valence-electron chi connectivity index (χ1n) is 6.58. The number of anilines is 2. The summed E-state index contributed by atoms with van der Waals surface area (Å²) in [4.78, 5) is 10.1. The van der Waals surface area contributed by atoms with Crippen molar-refractivity contribution in [3.63, 3.8) is 0 Å². The summed E-state index contributed by atoms with van der Waals surface area (Å²) in [6.45, 7) is 0. The SMILES string of the molecule is O=[N+]([O-])c1ccc(NC(=S)NNC(=S)Nc2cccc(Cl)c2)cc1. The predicted molar refractivity (Wildman–Crippen MR) is 103 cm³/mol. The van der Waals surface area contributed by atoms with Gasteiger partial charge < -0.3 is 10.6 Å². The number of benzene rings is 2. The summed E-state index contributed by atoms with van der Waals surface area (Å²) in [7, 11) is 0. The lowest BCUT2D eigenvalue weighted by Gasteiger charge is -2.14. The molecule has 0 aliphatic carbocycles. The van der Waals surface area contributed by atoms with Gasteiger partial charge in [-0.2, -0.15) is 0 Å². The number of nitro groups is 1. The number of non-ortho nitro benzene ring substituents is 1. The van der Waals surface area contributed by atoms with E-state index in [2.05, 4.69) is 21.5 Å². The molecule has 2 aromatic rings. The lowest BCUT2D eigenvalue weighted by molar-refractivity contribution is -0.384. The minimum Gasteiger partial charge on any atom is -0.331 e. The molecule has 0 amide bonds. The van der Waals surface area contributed by atoms with E-state index < -0.39 is 4.92 Å². The number of nitrogens with one attached hydrogen (secondary N) is 4. The van der Waals surface area contributed by atoms with Gasteiger partial charge in [0.25, 0.3) is 5.69 Å². The lowest BCUT2D eigenvalue weighted by atomic mass is 10.3. The van der Waals surface area contributed by atoms with Crippen LogP contribution < -0.4 is 21.5 Å². The maximum absolute atomic E-state index is 10.6. The van der Waals surface area contributed by atoms with E-state index in [0.717, 1.165) is 5.69 Å². The quantitative estimate of drug-likeness (QED) is 0.365. The molecule has 0 aliphatic heterocycles. The number of thiocarbonyl (C=S) groups is 2. The van der Waals surface area contributed by atoms with Gasteiger partial charge in [0.1, 0.15) is 0 Å².